The first-order valence-electron chi connectivity index (χ1n) is 5.92. The molecular formula is C13H20N2O3. The molecule has 0 aliphatic rings. The normalized spacial score (nSPS) is 10.3. The van der Waals surface area contributed by atoms with Gasteiger partial charge in [-0.3, -0.25) is 4.79 Å². The number of phenols is 1. The van der Waals surface area contributed by atoms with Gasteiger partial charge in [0.25, 0.3) is 0 Å². The number of rotatable bonds is 7. The first kappa shape index (κ1) is 14.5. The van der Waals surface area contributed by atoms with Gasteiger partial charge in [-0.25, -0.2) is 0 Å². The lowest BCUT2D eigenvalue weighted by Crippen LogP contribution is -2.38. The Hall–Kier alpha value is -1.59. The fourth-order valence-electron chi connectivity index (χ4n) is 1.65. The lowest BCUT2D eigenvalue weighted by Gasteiger charge is -2.21. The first-order valence-corrected chi connectivity index (χ1v) is 5.92. The lowest BCUT2D eigenvalue weighted by molar-refractivity contribution is -0.131. The van der Waals surface area contributed by atoms with Crippen molar-refractivity contribution in [3.8, 4) is 5.75 Å². The van der Waals surface area contributed by atoms with Gasteiger partial charge in [0.15, 0.2) is 0 Å². The molecule has 1 aromatic carbocycles. The van der Waals surface area contributed by atoms with Gasteiger partial charge in [0.05, 0.1) is 13.0 Å². The number of benzene rings is 1. The quantitative estimate of drug-likeness (QED) is 0.735. The minimum Gasteiger partial charge on any atom is -0.508 e. The molecule has 100 valence electrons. The van der Waals surface area contributed by atoms with Gasteiger partial charge in [-0.15, -0.1) is 0 Å². The van der Waals surface area contributed by atoms with Crippen LogP contribution < -0.4 is 5.73 Å². The van der Waals surface area contributed by atoms with Gasteiger partial charge in [0.2, 0.25) is 5.91 Å². The highest BCUT2D eigenvalue weighted by Crippen LogP contribution is 2.16. The molecule has 1 amide bonds. The summed E-state index contributed by atoms with van der Waals surface area (Å²) in [5, 5.41) is 9.63. The van der Waals surface area contributed by atoms with Crippen LogP contribution in [0.3, 0.4) is 0 Å². The Bertz CT molecular complexity index is 382. The number of ether oxygens (including phenoxy) is 1. The van der Waals surface area contributed by atoms with E-state index in [1.165, 1.54) is 0 Å². The summed E-state index contributed by atoms with van der Waals surface area (Å²) < 4.78 is 4.96. The summed E-state index contributed by atoms with van der Waals surface area (Å²) in [5.41, 5.74) is 6.10. The highest BCUT2D eigenvalue weighted by molar-refractivity contribution is 5.79. The summed E-state index contributed by atoms with van der Waals surface area (Å²) in [6, 6.07) is 6.84. The van der Waals surface area contributed by atoms with E-state index in [9.17, 15) is 9.90 Å². The van der Waals surface area contributed by atoms with E-state index in [1.807, 2.05) is 0 Å². The summed E-state index contributed by atoms with van der Waals surface area (Å²) in [4.78, 5) is 13.7. The highest BCUT2D eigenvalue weighted by Gasteiger charge is 2.14. The van der Waals surface area contributed by atoms with Crippen LogP contribution in [0.4, 0.5) is 0 Å². The number of aromatic hydroxyl groups is 1. The molecule has 0 aliphatic carbocycles. The third kappa shape index (κ3) is 4.35. The minimum atomic E-state index is -0.0565. The van der Waals surface area contributed by atoms with Crippen LogP contribution in [0.2, 0.25) is 0 Å². The predicted molar refractivity (Wildman–Crippen MR) is 69.3 cm³/mol. The number of hydrogen-bond acceptors (Lipinski definition) is 4. The van der Waals surface area contributed by atoms with Crippen LogP contribution in [0.1, 0.15) is 5.56 Å². The van der Waals surface area contributed by atoms with Crippen molar-refractivity contribution in [2.75, 3.05) is 33.4 Å². The largest absolute Gasteiger partial charge is 0.508 e. The molecule has 18 heavy (non-hydrogen) atoms. The van der Waals surface area contributed by atoms with Crippen molar-refractivity contribution in [1.29, 1.82) is 0 Å². The molecule has 0 spiro atoms. The molecule has 0 heterocycles. The summed E-state index contributed by atoms with van der Waals surface area (Å²) in [7, 11) is 1.59. The molecule has 0 radical (unpaired) electrons. The molecule has 5 heteroatoms. The summed E-state index contributed by atoms with van der Waals surface area (Å²) in [6.45, 7) is 1.90. The second kappa shape index (κ2) is 7.68. The molecule has 0 fully saturated rings. The fourth-order valence-corrected chi connectivity index (χ4v) is 1.65. The topological polar surface area (TPSA) is 75.8 Å². The molecule has 0 atom stereocenters. The van der Waals surface area contributed by atoms with Crippen molar-refractivity contribution in [3.63, 3.8) is 0 Å². The van der Waals surface area contributed by atoms with E-state index in [-0.39, 0.29) is 18.1 Å². The predicted octanol–water partition coefficient (Wildman–Crippen LogP) is 0.368. The summed E-state index contributed by atoms with van der Waals surface area (Å²) >= 11 is 0. The number of carbonyl (C=O) groups is 1. The van der Waals surface area contributed by atoms with Crippen LogP contribution in [0.15, 0.2) is 24.3 Å². The van der Waals surface area contributed by atoms with E-state index in [0.717, 1.165) is 0 Å². The minimum absolute atomic E-state index is 0.0565. The zero-order valence-electron chi connectivity index (χ0n) is 10.6. The molecule has 0 bridgehead atoms. The van der Waals surface area contributed by atoms with E-state index in [0.29, 0.717) is 31.8 Å². The Morgan fingerprint density at radius 2 is 2.11 bits per heavy atom. The Morgan fingerprint density at radius 3 is 2.72 bits per heavy atom. The molecule has 0 saturated heterocycles. The van der Waals surface area contributed by atoms with Crippen molar-refractivity contribution in [2.24, 2.45) is 5.73 Å². The number of carbonyl (C=O) groups excluding carboxylic acids is 1. The molecule has 0 saturated carbocycles. The lowest BCUT2D eigenvalue weighted by atomic mass is 10.1. The Balaban J connectivity index is 2.63. The zero-order valence-corrected chi connectivity index (χ0v) is 10.6. The second-order valence-corrected chi connectivity index (χ2v) is 3.97. The monoisotopic (exact) mass is 252 g/mol. The van der Waals surface area contributed by atoms with Gasteiger partial charge in [-0.1, -0.05) is 18.2 Å². The van der Waals surface area contributed by atoms with Gasteiger partial charge >= 0.3 is 0 Å². The third-order valence-corrected chi connectivity index (χ3v) is 2.65. The molecule has 5 nitrogen and oxygen atoms in total. The number of methoxy groups -OCH3 is 1. The number of amides is 1. The van der Waals surface area contributed by atoms with Gasteiger partial charge in [-0.2, -0.15) is 0 Å². The van der Waals surface area contributed by atoms with Gasteiger partial charge in [0, 0.05) is 32.3 Å². The fraction of sp³-hybridized carbons (Fsp3) is 0.462. The van der Waals surface area contributed by atoms with E-state index < -0.39 is 0 Å². The van der Waals surface area contributed by atoms with Crippen molar-refractivity contribution in [2.45, 2.75) is 6.42 Å². The van der Waals surface area contributed by atoms with Crippen LogP contribution in [0.25, 0.3) is 0 Å². The van der Waals surface area contributed by atoms with E-state index in [2.05, 4.69) is 0 Å². The maximum atomic E-state index is 12.1. The number of para-hydroxylation sites is 1. The molecule has 1 rings (SSSR count). The Morgan fingerprint density at radius 1 is 1.39 bits per heavy atom. The van der Waals surface area contributed by atoms with Crippen molar-refractivity contribution in [3.05, 3.63) is 29.8 Å². The summed E-state index contributed by atoms with van der Waals surface area (Å²) in [5.74, 6) is 0.0873. The van der Waals surface area contributed by atoms with Gasteiger partial charge in [0.1, 0.15) is 5.75 Å². The SMILES string of the molecule is COCCN(CCN)C(=O)Cc1ccccc1O. The van der Waals surface area contributed by atoms with Crippen LogP contribution in [0, 0.1) is 0 Å². The average molecular weight is 252 g/mol. The third-order valence-electron chi connectivity index (χ3n) is 2.65. The smallest absolute Gasteiger partial charge is 0.227 e. The molecule has 0 unspecified atom stereocenters. The number of hydrogen-bond donors (Lipinski definition) is 2. The maximum absolute atomic E-state index is 12.1. The molecule has 0 aromatic heterocycles. The van der Waals surface area contributed by atoms with E-state index in [1.54, 1.807) is 36.3 Å². The molecule has 1 aromatic rings. The molecule has 3 N–H and O–H groups in total. The average Bonchev–Trinajstić information content (AvgIpc) is 2.37. The van der Waals surface area contributed by atoms with Gasteiger partial charge < -0.3 is 20.5 Å². The number of nitrogens with two attached hydrogens (primary N) is 1. The van der Waals surface area contributed by atoms with E-state index in [4.69, 9.17) is 10.5 Å². The Labute approximate surface area is 107 Å². The van der Waals surface area contributed by atoms with Crippen molar-refractivity contribution in [1.82, 2.24) is 4.90 Å². The summed E-state index contributed by atoms with van der Waals surface area (Å²) in [6.07, 6.45) is 0.177. The van der Waals surface area contributed by atoms with Crippen LogP contribution in [-0.4, -0.2) is 49.3 Å². The van der Waals surface area contributed by atoms with Crippen LogP contribution >= 0.6 is 0 Å². The zero-order chi connectivity index (χ0) is 13.4. The Kier molecular flexibility index (Phi) is 6.18. The standard InChI is InChI=1S/C13H20N2O3/c1-18-9-8-15(7-6-14)13(17)10-11-4-2-3-5-12(11)16/h2-5,16H,6-10,14H2,1H3. The molecular weight excluding hydrogens is 232 g/mol. The molecule has 0 aliphatic heterocycles. The maximum Gasteiger partial charge on any atom is 0.227 e. The van der Waals surface area contributed by atoms with Crippen LogP contribution in [-0.2, 0) is 16.0 Å². The second-order valence-electron chi connectivity index (χ2n) is 3.97. The van der Waals surface area contributed by atoms with Crippen molar-refractivity contribution >= 4 is 5.91 Å². The van der Waals surface area contributed by atoms with Gasteiger partial charge in [-0.05, 0) is 6.07 Å². The van der Waals surface area contributed by atoms with Crippen LogP contribution in [0.5, 0.6) is 5.75 Å². The van der Waals surface area contributed by atoms with E-state index >= 15 is 0 Å². The highest BCUT2D eigenvalue weighted by atomic mass is 16.5. The van der Waals surface area contributed by atoms with Crippen molar-refractivity contribution < 1.29 is 14.6 Å². The first-order chi connectivity index (χ1) is 8.69. The number of nitrogens with zero attached hydrogens (tertiary/aromatic N) is 1. The number of phenolic OH excluding ortho intramolecular Hbond substituents is 1.